The van der Waals surface area contributed by atoms with E-state index in [1.807, 2.05) is 31.2 Å². The fourth-order valence-corrected chi connectivity index (χ4v) is 4.22. The van der Waals surface area contributed by atoms with Crippen LogP contribution in [-0.2, 0) is 20.8 Å². The van der Waals surface area contributed by atoms with Crippen molar-refractivity contribution in [1.29, 1.82) is 0 Å². The molecule has 1 aliphatic heterocycles. The summed E-state index contributed by atoms with van der Waals surface area (Å²) in [6.07, 6.45) is -0.159. The van der Waals surface area contributed by atoms with E-state index in [4.69, 9.17) is 9.84 Å². The Morgan fingerprint density at radius 2 is 1.59 bits per heavy atom. The zero-order chi connectivity index (χ0) is 24.4. The lowest BCUT2D eigenvalue weighted by Gasteiger charge is -2.27. The molecule has 1 saturated heterocycles. The van der Waals surface area contributed by atoms with Crippen LogP contribution in [-0.4, -0.2) is 35.0 Å². The minimum atomic E-state index is -0.968. The number of nitrogens with zero attached hydrogens (tertiary/aromatic N) is 1. The molecule has 7 heteroatoms. The summed E-state index contributed by atoms with van der Waals surface area (Å²) in [5.41, 5.74) is 2.77. The maximum absolute atomic E-state index is 13.3. The SMILES string of the molecule is COc1ccccc1/C(O)=C1\C(=O)C(=O)N(c2ccc(CC(=O)O)cc2)C1c1ccccc1C. The minimum absolute atomic E-state index is 0.0431. The summed E-state index contributed by atoms with van der Waals surface area (Å²) in [4.78, 5) is 38.9. The van der Waals surface area contributed by atoms with Gasteiger partial charge in [0.15, 0.2) is 0 Å². The van der Waals surface area contributed by atoms with Gasteiger partial charge in [-0.1, -0.05) is 48.5 Å². The van der Waals surface area contributed by atoms with Crippen LogP contribution in [0.4, 0.5) is 5.69 Å². The predicted octanol–water partition coefficient (Wildman–Crippen LogP) is 4.26. The second-order valence-electron chi connectivity index (χ2n) is 7.96. The molecule has 1 heterocycles. The Labute approximate surface area is 196 Å². The molecular formula is C27H23NO6. The number of amides is 1. The van der Waals surface area contributed by atoms with Crippen LogP contribution >= 0.6 is 0 Å². The topological polar surface area (TPSA) is 104 Å². The molecule has 1 fully saturated rings. The first-order chi connectivity index (χ1) is 16.3. The maximum Gasteiger partial charge on any atom is 0.307 e. The number of aryl methyl sites for hydroxylation is 1. The fraction of sp³-hybridized carbons (Fsp3) is 0.148. The number of hydrogen-bond donors (Lipinski definition) is 2. The average Bonchev–Trinajstić information content (AvgIpc) is 3.09. The minimum Gasteiger partial charge on any atom is -0.507 e. The number of carbonyl (C=O) groups is 3. The molecule has 3 aromatic rings. The number of para-hydroxylation sites is 1. The number of benzene rings is 3. The van der Waals surface area contributed by atoms with E-state index in [1.165, 1.54) is 12.0 Å². The number of hydrogen-bond acceptors (Lipinski definition) is 5. The van der Waals surface area contributed by atoms with Crippen molar-refractivity contribution in [3.05, 3.63) is 101 Å². The van der Waals surface area contributed by atoms with E-state index in [1.54, 1.807) is 48.5 Å². The van der Waals surface area contributed by atoms with Gasteiger partial charge < -0.3 is 14.9 Å². The zero-order valence-electron chi connectivity index (χ0n) is 18.7. The zero-order valence-corrected chi connectivity index (χ0v) is 18.7. The largest absolute Gasteiger partial charge is 0.507 e. The lowest BCUT2D eigenvalue weighted by molar-refractivity contribution is -0.136. The van der Waals surface area contributed by atoms with Gasteiger partial charge in [0.05, 0.1) is 30.7 Å². The molecule has 0 saturated carbocycles. The number of rotatable bonds is 6. The van der Waals surface area contributed by atoms with E-state index in [-0.39, 0.29) is 17.8 Å². The number of aliphatic hydroxyl groups excluding tert-OH is 1. The van der Waals surface area contributed by atoms with E-state index >= 15 is 0 Å². The maximum atomic E-state index is 13.3. The van der Waals surface area contributed by atoms with Crippen LogP contribution < -0.4 is 9.64 Å². The molecule has 1 aliphatic rings. The van der Waals surface area contributed by atoms with E-state index in [2.05, 4.69) is 0 Å². The lowest BCUT2D eigenvalue weighted by Crippen LogP contribution is -2.29. The Balaban J connectivity index is 1.92. The van der Waals surface area contributed by atoms with Crippen LogP contribution in [0.1, 0.15) is 28.3 Å². The van der Waals surface area contributed by atoms with Gasteiger partial charge in [0.25, 0.3) is 11.7 Å². The van der Waals surface area contributed by atoms with Gasteiger partial charge in [-0.15, -0.1) is 0 Å². The number of carboxylic acids is 1. The first kappa shape index (κ1) is 22.8. The number of ketones is 1. The molecular weight excluding hydrogens is 434 g/mol. The van der Waals surface area contributed by atoms with Crippen LogP contribution in [0.2, 0.25) is 0 Å². The smallest absolute Gasteiger partial charge is 0.307 e. The summed E-state index contributed by atoms with van der Waals surface area (Å²) in [5.74, 6) is -2.52. The third-order valence-corrected chi connectivity index (χ3v) is 5.86. The van der Waals surface area contributed by atoms with Crippen molar-refractivity contribution in [3.8, 4) is 5.75 Å². The van der Waals surface area contributed by atoms with E-state index in [0.717, 1.165) is 5.56 Å². The molecule has 172 valence electrons. The van der Waals surface area contributed by atoms with Crippen molar-refractivity contribution < 1.29 is 29.3 Å². The van der Waals surface area contributed by atoms with Gasteiger partial charge in [-0.25, -0.2) is 0 Å². The number of ether oxygens (including phenoxy) is 1. The van der Waals surface area contributed by atoms with Gasteiger partial charge in [-0.05, 0) is 47.9 Å². The van der Waals surface area contributed by atoms with Crippen LogP contribution in [0.3, 0.4) is 0 Å². The molecule has 1 unspecified atom stereocenters. The van der Waals surface area contributed by atoms with Crippen LogP contribution in [0.15, 0.2) is 78.4 Å². The van der Waals surface area contributed by atoms with Gasteiger partial charge in [0.1, 0.15) is 11.5 Å². The van der Waals surface area contributed by atoms with E-state index in [0.29, 0.717) is 28.1 Å². The normalized spacial score (nSPS) is 17.1. The highest BCUT2D eigenvalue weighted by atomic mass is 16.5. The summed E-state index contributed by atoms with van der Waals surface area (Å²) in [7, 11) is 1.46. The summed E-state index contributed by atoms with van der Waals surface area (Å²) in [6, 6.07) is 19.6. The standard InChI is InChI=1S/C27H23NO6/c1-16-7-3-4-8-19(16)24-23(25(31)20-9-5-6-10-21(20)34-2)26(32)27(33)28(24)18-13-11-17(12-14-18)15-22(29)30/h3-14,24,31H,15H2,1-2H3,(H,29,30)/b25-23+. The van der Waals surface area contributed by atoms with Crippen molar-refractivity contribution in [2.24, 2.45) is 0 Å². The Morgan fingerprint density at radius 1 is 0.941 bits per heavy atom. The molecule has 0 bridgehead atoms. The Hall–Kier alpha value is -4.39. The third kappa shape index (κ3) is 4.03. The molecule has 4 rings (SSSR count). The summed E-state index contributed by atoms with van der Waals surface area (Å²) < 4.78 is 5.36. The van der Waals surface area contributed by atoms with Crippen molar-refractivity contribution in [2.75, 3.05) is 12.0 Å². The molecule has 0 radical (unpaired) electrons. The first-order valence-electron chi connectivity index (χ1n) is 10.6. The molecule has 7 nitrogen and oxygen atoms in total. The first-order valence-corrected chi connectivity index (χ1v) is 10.6. The van der Waals surface area contributed by atoms with Gasteiger partial charge in [0, 0.05) is 5.69 Å². The van der Waals surface area contributed by atoms with Gasteiger partial charge in [0.2, 0.25) is 0 Å². The van der Waals surface area contributed by atoms with Crippen molar-refractivity contribution in [3.63, 3.8) is 0 Å². The quantitative estimate of drug-likeness (QED) is 0.326. The summed E-state index contributed by atoms with van der Waals surface area (Å²) in [5, 5.41) is 20.3. The second-order valence-corrected chi connectivity index (χ2v) is 7.96. The van der Waals surface area contributed by atoms with Crippen molar-refractivity contribution in [2.45, 2.75) is 19.4 Å². The second kappa shape index (κ2) is 9.23. The Morgan fingerprint density at radius 3 is 2.24 bits per heavy atom. The highest BCUT2D eigenvalue weighted by Gasteiger charge is 2.47. The fourth-order valence-electron chi connectivity index (χ4n) is 4.22. The van der Waals surface area contributed by atoms with Crippen molar-refractivity contribution in [1.82, 2.24) is 0 Å². The molecule has 3 aromatic carbocycles. The third-order valence-electron chi connectivity index (χ3n) is 5.86. The molecule has 2 N–H and O–H groups in total. The van der Waals surface area contributed by atoms with Crippen LogP contribution in [0, 0.1) is 6.92 Å². The highest BCUT2D eigenvalue weighted by Crippen LogP contribution is 2.44. The predicted molar refractivity (Wildman–Crippen MR) is 127 cm³/mol. The number of methoxy groups -OCH3 is 1. The lowest BCUT2D eigenvalue weighted by atomic mass is 9.92. The molecule has 1 amide bonds. The molecule has 34 heavy (non-hydrogen) atoms. The number of carboxylic acid groups (broad SMARTS) is 1. The van der Waals surface area contributed by atoms with Gasteiger partial charge >= 0.3 is 5.97 Å². The average molecular weight is 457 g/mol. The Bertz CT molecular complexity index is 1310. The summed E-state index contributed by atoms with van der Waals surface area (Å²) in [6.45, 7) is 1.87. The molecule has 0 aliphatic carbocycles. The molecule has 0 aromatic heterocycles. The number of Topliss-reactive ketones (excluding diaryl/α,β-unsaturated/α-hetero) is 1. The number of anilines is 1. The van der Waals surface area contributed by atoms with Gasteiger partial charge in [-0.3, -0.25) is 19.3 Å². The highest BCUT2D eigenvalue weighted by molar-refractivity contribution is 6.51. The number of aliphatic carboxylic acids is 1. The molecule has 1 atom stereocenters. The number of carbonyl (C=O) groups excluding carboxylic acids is 2. The van der Waals surface area contributed by atoms with Gasteiger partial charge in [-0.2, -0.15) is 0 Å². The summed E-state index contributed by atoms with van der Waals surface area (Å²) >= 11 is 0. The molecule has 0 spiro atoms. The Kier molecular flexibility index (Phi) is 6.19. The van der Waals surface area contributed by atoms with Crippen LogP contribution in [0.25, 0.3) is 5.76 Å². The van der Waals surface area contributed by atoms with E-state index < -0.39 is 23.7 Å². The number of aliphatic hydroxyl groups is 1. The van der Waals surface area contributed by atoms with Crippen molar-refractivity contribution >= 4 is 29.1 Å². The monoisotopic (exact) mass is 457 g/mol. The van der Waals surface area contributed by atoms with E-state index in [9.17, 15) is 19.5 Å². The van der Waals surface area contributed by atoms with Crippen LogP contribution in [0.5, 0.6) is 5.75 Å².